The van der Waals surface area contributed by atoms with E-state index in [4.69, 9.17) is 10.5 Å². The first-order valence-electron chi connectivity index (χ1n) is 6.19. The van der Waals surface area contributed by atoms with Gasteiger partial charge in [0.25, 0.3) is 0 Å². The third-order valence-corrected chi connectivity index (χ3v) is 3.13. The fourth-order valence-corrected chi connectivity index (χ4v) is 2.20. The van der Waals surface area contributed by atoms with Crippen LogP contribution in [0.25, 0.3) is 22.4 Å². The summed E-state index contributed by atoms with van der Waals surface area (Å²) in [6.07, 6.45) is 3.38. The molecular weight excluding hydrogens is 252 g/mol. The molecule has 0 bridgehead atoms. The lowest BCUT2D eigenvalue weighted by molar-refractivity contribution is 0.414. The Hall–Kier alpha value is -2.82. The van der Waals surface area contributed by atoms with Crippen LogP contribution >= 0.6 is 0 Å². The zero-order valence-electron chi connectivity index (χ0n) is 11.0. The number of rotatable bonds is 3. The number of nitrogens with two attached hydrogens (primary N) is 1. The number of methoxy groups -OCH3 is 1. The number of H-pyrrole nitrogens is 1. The number of hydrogen-bond donors (Lipinski definition) is 2. The highest BCUT2D eigenvalue weighted by atomic mass is 16.5. The van der Waals surface area contributed by atoms with Crippen LogP contribution in [0.2, 0.25) is 0 Å². The maximum absolute atomic E-state index is 6.00. The van der Waals surface area contributed by atoms with Gasteiger partial charge in [0, 0.05) is 11.8 Å². The Labute approximate surface area is 116 Å². The predicted octanol–water partition coefficient (Wildman–Crippen LogP) is 2.73. The Kier molecular flexibility index (Phi) is 3.09. The number of ether oxygens (including phenoxy) is 1. The number of hydrogen-bond acceptors (Lipinski definition) is 4. The van der Waals surface area contributed by atoms with Gasteiger partial charge in [0.2, 0.25) is 0 Å². The third kappa shape index (κ3) is 1.99. The number of nitrogens with zero attached hydrogens (tertiary/aromatic N) is 2. The fourth-order valence-electron chi connectivity index (χ4n) is 2.20. The van der Waals surface area contributed by atoms with Crippen LogP contribution in [-0.2, 0) is 0 Å². The molecule has 0 aliphatic rings. The molecule has 100 valence electrons. The number of aromatic nitrogens is 3. The van der Waals surface area contributed by atoms with Crippen LogP contribution in [0.15, 0.2) is 48.8 Å². The molecule has 0 aliphatic carbocycles. The number of nitrogen functional groups attached to an aromatic ring is 1. The van der Waals surface area contributed by atoms with Gasteiger partial charge in [0.05, 0.1) is 24.6 Å². The zero-order chi connectivity index (χ0) is 13.9. The van der Waals surface area contributed by atoms with Crippen molar-refractivity contribution in [3.8, 4) is 28.1 Å². The monoisotopic (exact) mass is 266 g/mol. The van der Waals surface area contributed by atoms with E-state index in [1.54, 1.807) is 19.5 Å². The first-order chi connectivity index (χ1) is 9.81. The molecule has 0 amide bonds. The molecule has 5 nitrogen and oxygen atoms in total. The molecule has 0 saturated heterocycles. The lowest BCUT2D eigenvalue weighted by Gasteiger charge is -2.08. The van der Waals surface area contributed by atoms with E-state index in [0.717, 1.165) is 22.4 Å². The Morgan fingerprint density at radius 2 is 1.95 bits per heavy atom. The Morgan fingerprint density at radius 1 is 1.15 bits per heavy atom. The highest BCUT2D eigenvalue weighted by molar-refractivity contribution is 5.89. The molecule has 5 heteroatoms. The zero-order valence-corrected chi connectivity index (χ0v) is 11.0. The Morgan fingerprint density at radius 3 is 2.70 bits per heavy atom. The number of nitrogens with one attached hydrogen (secondary N) is 1. The van der Waals surface area contributed by atoms with Gasteiger partial charge in [-0.05, 0) is 11.6 Å². The van der Waals surface area contributed by atoms with Crippen molar-refractivity contribution in [1.29, 1.82) is 0 Å². The second-order valence-corrected chi connectivity index (χ2v) is 4.30. The average Bonchev–Trinajstić information content (AvgIpc) is 2.89. The van der Waals surface area contributed by atoms with Crippen molar-refractivity contribution in [2.45, 2.75) is 0 Å². The van der Waals surface area contributed by atoms with Crippen LogP contribution in [-0.4, -0.2) is 22.3 Å². The lowest BCUT2D eigenvalue weighted by Crippen LogP contribution is -1.92. The number of benzene rings is 1. The summed E-state index contributed by atoms with van der Waals surface area (Å²) in [5, 5.41) is 7.10. The predicted molar refractivity (Wildman–Crippen MR) is 78.2 cm³/mol. The van der Waals surface area contributed by atoms with Crippen molar-refractivity contribution in [2.24, 2.45) is 0 Å². The normalized spacial score (nSPS) is 10.4. The molecule has 2 aromatic heterocycles. The van der Waals surface area contributed by atoms with Crippen LogP contribution in [0.3, 0.4) is 0 Å². The van der Waals surface area contributed by atoms with E-state index in [1.165, 1.54) is 0 Å². The summed E-state index contributed by atoms with van der Waals surface area (Å²) in [5.74, 6) is 1.14. The van der Waals surface area contributed by atoms with Gasteiger partial charge < -0.3 is 10.5 Å². The van der Waals surface area contributed by atoms with Crippen LogP contribution in [0, 0.1) is 0 Å². The fraction of sp³-hybridized carbons (Fsp3) is 0.0667. The third-order valence-electron chi connectivity index (χ3n) is 3.13. The van der Waals surface area contributed by atoms with E-state index in [-0.39, 0.29) is 0 Å². The van der Waals surface area contributed by atoms with Gasteiger partial charge >= 0.3 is 0 Å². The van der Waals surface area contributed by atoms with E-state index in [1.807, 2.05) is 36.4 Å². The minimum absolute atomic E-state index is 0.463. The van der Waals surface area contributed by atoms with Gasteiger partial charge in [-0.3, -0.25) is 10.1 Å². The van der Waals surface area contributed by atoms with E-state index in [2.05, 4.69) is 15.2 Å². The molecule has 0 aliphatic heterocycles. The van der Waals surface area contributed by atoms with E-state index in [0.29, 0.717) is 11.6 Å². The SMILES string of the molecule is COc1cnccc1-c1[nH]nc(N)c1-c1ccccc1. The molecule has 0 saturated carbocycles. The van der Waals surface area contributed by atoms with Gasteiger partial charge in [0.1, 0.15) is 5.75 Å². The van der Waals surface area contributed by atoms with Crippen molar-refractivity contribution in [2.75, 3.05) is 12.8 Å². The molecule has 1 aromatic carbocycles. The van der Waals surface area contributed by atoms with Gasteiger partial charge in [-0.15, -0.1) is 0 Å². The number of aromatic amines is 1. The molecule has 0 unspecified atom stereocenters. The molecule has 0 spiro atoms. The lowest BCUT2D eigenvalue weighted by atomic mass is 10.0. The Bertz CT molecular complexity index is 722. The number of anilines is 1. The quantitative estimate of drug-likeness (QED) is 0.764. The van der Waals surface area contributed by atoms with Crippen LogP contribution in [0.4, 0.5) is 5.82 Å². The van der Waals surface area contributed by atoms with Crippen LogP contribution in [0.1, 0.15) is 0 Å². The summed E-state index contributed by atoms with van der Waals surface area (Å²) in [5.41, 5.74) is 9.59. The van der Waals surface area contributed by atoms with E-state index < -0.39 is 0 Å². The molecule has 3 rings (SSSR count). The van der Waals surface area contributed by atoms with Crippen molar-refractivity contribution in [1.82, 2.24) is 15.2 Å². The van der Waals surface area contributed by atoms with E-state index in [9.17, 15) is 0 Å². The smallest absolute Gasteiger partial charge is 0.153 e. The standard InChI is InChI=1S/C15H14N4O/c1-20-12-9-17-8-7-11(12)14-13(15(16)19-18-14)10-5-3-2-4-6-10/h2-9H,1H3,(H3,16,18,19). The van der Waals surface area contributed by atoms with Crippen LogP contribution < -0.4 is 10.5 Å². The summed E-state index contributed by atoms with van der Waals surface area (Å²) in [6, 6.07) is 11.8. The van der Waals surface area contributed by atoms with Crippen molar-refractivity contribution < 1.29 is 4.74 Å². The largest absolute Gasteiger partial charge is 0.494 e. The van der Waals surface area contributed by atoms with Crippen molar-refractivity contribution in [3.05, 3.63) is 48.8 Å². The van der Waals surface area contributed by atoms with Crippen molar-refractivity contribution in [3.63, 3.8) is 0 Å². The minimum atomic E-state index is 0.463. The molecule has 3 aromatic rings. The summed E-state index contributed by atoms with van der Waals surface area (Å²) in [4.78, 5) is 4.06. The highest BCUT2D eigenvalue weighted by Crippen LogP contribution is 2.37. The Balaban J connectivity index is 2.22. The minimum Gasteiger partial charge on any atom is -0.494 e. The molecule has 0 atom stereocenters. The highest BCUT2D eigenvalue weighted by Gasteiger charge is 2.17. The summed E-state index contributed by atoms with van der Waals surface area (Å²) in [7, 11) is 1.61. The van der Waals surface area contributed by atoms with Crippen LogP contribution in [0.5, 0.6) is 5.75 Å². The van der Waals surface area contributed by atoms with Gasteiger partial charge in [0.15, 0.2) is 5.82 Å². The maximum Gasteiger partial charge on any atom is 0.153 e. The number of pyridine rings is 1. The molecule has 0 radical (unpaired) electrons. The maximum atomic E-state index is 6.00. The first kappa shape index (κ1) is 12.2. The second-order valence-electron chi connectivity index (χ2n) is 4.30. The summed E-state index contributed by atoms with van der Waals surface area (Å²) >= 11 is 0. The van der Waals surface area contributed by atoms with Gasteiger partial charge in [-0.1, -0.05) is 30.3 Å². The average molecular weight is 266 g/mol. The molecule has 3 N–H and O–H groups in total. The van der Waals surface area contributed by atoms with Gasteiger partial charge in [-0.2, -0.15) is 5.10 Å². The second kappa shape index (κ2) is 5.05. The molecule has 0 fully saturated rings. The molecule has 20 heavy (non-hydrogen) atoms. The van der Waals surface area contributed by atoms with Gasteiger partial charge in [-0.25, -0.2) is 0 Å². The van der Waals surface area contributed by atoms with E-state index >= 15 is 0 Å². The first-order valence-corrected chi connectivity index (χ1v) is 6.19. The topological polar surface area (TPSA) is 76.8 Å². The molecular formula is C15H14N4O. The molecule has 2 heterocycles. The summed E-state index contributed by atoms with van der Waals surface area (Å²) in [6.45, 7) is 0. The van der Waals surface area contributed by atoms with Crippen molar-refractivity contribution >= 4 is 5.82 Å². The summed E-state index contributed by atoms with van der Waals surface area (Å²) < 4.78 is 5.35.